The maximum Gasteiger partial charge on any atom is 0.223 e. The zero-order valence-electron chi connectivity index (χ0n) is 13.9. The molecule has 0 saturated heterocycles. The molecule has 0 saturated carbocycles. The van der Waals surface area contributed by atoms with E-state index < -0.39 is 0 Å². The van der Waals surface area contributed by atoms with Crippen molar-refractivity contribution in [3.8, 4) is 17.4 Å². The summed E-state index contributed by atoms with van der Waals surface area (Å²) < 4.78 is 24.7. The summed E-state index contributed by atoms with van der Waals surface area (Å²) in [6, 6.07) is 15.7. The summed E-state index contributed by atoms with van der Waals surface area (Å²) in [5.41, 5.74) is 1.40. The number of aryl methyl sites for hydroxylation is 1. The van der Waals surface area contributed by atoms with Crippen LogP contribution in [0.3, 0.4) is 0 Å². The SMILES string of the molecule is COc1cccc(Oc2cc(C)nc(SCc3ccccc3F)n2)c1. The van der Waals surface area contributed by atoms with Crippen molar-refractivity contribution in [3.63, 3.8) is 0 Å². The Hall–Kier alpha value is -2.60. The molecule has 3 aromatic rings. The topological polar surface area (TPSA) is 44.2 Å². The molecule has 0 radical (unpaired) electrons. The first kappa shape index (κ1) is 17.2. The van der Waals surface area contributed by atoms with E-state index in [9.17, 15) is 4.39 Å². The van der Waals surface area contributed by atoms with Gasteiger partial charge in [-0.15, -0.1) is 0 Å². The van der Waals surface area contributed by atoms with Crippen LogP contribution in [0.25, 0.3) is 0 Å². The van der Waals surface area contributed by atoms with Crippen molar-refractivity contribution >= 4 is 11.8 Å². The average Bonchev–Trinajstić information content (AvgIpc) is 2.61. The Labute approximate surface area is 150 Å². The van der Waals surface area contributed by atoms with Crippen molar-refractivity contribution in [3.05, 3.63) is 71.7 Å². The Bertz CT molecular complexity index is 874. The molecule has 0 fully saturated rings. The summed E-state index contributed by atoms with van der Waals surface area (Å²) in [5, 5.41) is 0.543. The van der Waals surface area contributed by atoms with Crippen LogP contribution in [0.1, 0.15) is 11.3 Å². The van der Waals surface area contributed by atoms with Gasteiger partial charge >= 0.3 is 0 Å². The van der Waals surface area contributed by atoms with Gasteiger partial charge in [0.25, 0.3) is 0 Å². The molecule has 0 N–H and O–H groups in total. The molecule has 6 heteroatoms. The quantitative estimate of drug-likeness (QED) is 0.458. The van der Waals surface area contributed by atoms with Gasteiger partial charge in [0.15, 0.2) is 5.16 Å². The fraction of sp³-hybridized carbons (Fsp3) is 0.158. The number of halogens is 1. The van der Waals surface area contributed by atoms with Gasteiger partial charge in [-0.1, -0.05) is 36.0 Å². The van der Waals surface area contributed by atoms with Crippen LogP contribution >= 0.6 is 11.8 Å². The number of hydrogen-bond donors (Lipinski definition) is 0. The minimum Gasteiger partial charge on any atom is -0.497 e. The molecular weight excluding hydrogens is 339 g/mol. The predicted octanol–water partition coefficient (Wildman–Crippen LogP) is 5.02. The van der Waals surface area contributed by atoms with Gasteiger partial charge in [-0.3, -0.25) is 0 Å². The van der Waals surface area contributed by atoms with Crippen LogP contribution in [0.5, 0.6) is 17.4 Å². The molecule has 0 spiro atoms. The first-order chi connectivity index (χ1) is 12.1. The van der Waals surface area contributed by atoms with E-state index in [1.165, 1.54) is 17.8 Å². The van der Waals surface area contributed by atoms with Crippen LogP contribution in [0, 0.1) is 12.7 Å². The molecule has 0 aliphatic heterocycles. The minimum absolute atomic E-state index is 0.226. The van der Waals surface area contributed by atoms with Crippen molar-refractivity contribution in [1.82, 2.24) is 9.97 Å². The first-order valence-electron chi connectivity index (χ1n) is 7.68. The monoisotopic (exact) mass is 356 g/mol. The van der Waals surface area contributed by atoms with E-state index in [1.807, 2.05) is 31.2 Å². The Morgan fingerprint density at radius 3 is 2.60 bits per heavy atom. The lowest BCUT2D eigenvalue weighted by atomic mass is 10.2. The van der Waals surface area contributed by atoms with Gasteiger partial charge in [0.1, 0.15) is 17.3 Å². The van der Waals surface area contributed by atoms with Crippen LogP contribution in [-0.2, 0) is 5.75 Å². The molecule has 3 rings (SSSR count). The summed E-state index contributed by atoms with van der Waals surface area (Å²) in [6.45, 7) is 1.87. The van der Waals surface area contributed by atoms with E-state index in [-0.39, 0.29) is 5.82 Å². The smallest absolute Gasteiger partial charge is 0.223 e. The van der Waals surface area contributed by atoms with Gasteiger partial charge in [0.2, 0.25) is 5.88 Å². The highest BCUT2D eigenvalue weighted by Gasteiger charge is 2.08. The van der Waals surface area contributed by atoms with Crippen molar-refractivity contribution < 1.29 is 13.9 Å². The van der Waals surface area contributed by atoms with Crippen molar-refractivity contribution in [2.45, 2.75) is 17.8 Å². The molecular formula is C19H17FN2O2S. The lowest BCUT2D eigenvalue weighted by Gasteiger charge is -2.09. The van der Waals surface area contributed by atoms with Crippen molar-refractivity contribution in [1.29, 1.82) is 0 Å². The summed E-state index contributed by atoms with van der Waals surface area (Å²) in [7, 11) is 1.60. The minimum atomic E-state index is -0.226. The molecule has 2 aromatic carbocycles. The highest BCUT2D eigenvalue weighted by atomic mass is 32.2. The lowest BCUT2D eigenvalue weighted by Crippen LogP contribution is -1.96. The van der Waals surface area contributed by atoms with Crippen molar-refractivity contribution in [2.75, 3.05) is 7.11 Å². The second-order valence-electron chi connectivity index (χ2n) is 5.29. The fourth-order valence-electron chi connectivity index (χ4n) is 2.17. The van der Waals surface area contributed by atoms with Gasteiger partial charge in [-0.05, 0) is 30.7 Å². The largest absolute Gasteiger partial charge is 0.497 e. The molecule has 0 bridgehead atoms. The van der Waals surface area contributed by atoms with Gasteiger partial charge in [0.05, 0.1) is 7.11 Å². The number of thioether (sulfide) groups is 1. The van der Waals surface area contributed by atoms with E-state index in [0.717, 1.165) is 5.69 Å². The Morgan fingerprint density at radius 1 is 1.00 bits per heavy atom. The normalized spacial score (nSPS) is 10.5. The Kier molecular flexibility index (Phi) is 5.50. The molecule has 4 nitrogen and oxygen atoms in total. The molecule has 128 valence electrons. The van der Waals surface area contributed by atoms with E-state index in [1.54, 1.807) is 31.4 Å². The van der Waals surface area contributed by atoms with E-state index >= 15 is 0 Å². The molecule has 1 heterocycles. The van der Waals surface area contributed by atoms with Crippen LogP contribution in [0.4, 0.5) is 4.39 Å². The lowest BCUT2D eigenvalue weighted by molar-refractivity contribution is 0.406. The summed E-state index contributed by atoms with van der Waals surface area (Å²) in [4.78, 5) is 8.77. The van der Waals surface area contributed by atoms with Crippen molar-refractivity contribution in [2.24, 2.45) is 0 Å². The summed E-state index contributed by atoms with van der Waals surface area (Å²) in [5.74, 6) is 2.00. The number of ether oxygens (including phenoxy) is 2. The number of rotatable bonds is 6. The maximum absolute atomic E-state index is 13.7. The van der Waals surface area contributed by atoms with Crippen LogP contribution in [-0.4, -0.2) is 17.1 Å². The molecule has 25 heavy (non-hydrogen) atoms. The number of benzene rings is 2. The number of methoxy groups -OCH3 is 1. The summed E-state index contributed by atoms with van der Waals surface area (Å²) >= 11 is 1.37. The van der Waals surface area contributed by atoms with Crippen LogP contribution in [0.15, 0.2) is 59.8 Å². The zero-order chi connectivity index (χ0) is 17.6. The van der Waals surface area contributed by atoms with E-state index in [4.69, 9.17) is 9.47 Å². The molecule has 0 atom stereocenters. The van der Waals surface area contributed by atoms with Gasteiger partial charge in [-0.2, -0.15) is 4.98 Å². The zero-order valence-corrected chi connectivity index (χ0v) is 14.7. The first-order valence-corrected chi connectivity index (χ1v) is 8.66. The third kappa shape index (κ3) is 4.70. The van der Waals surface area contributed by atoms with E-state index in [0.29, 0.717) is 33.9 Å². The third-order valence-corrected chi connectivity index (χ3v) is 4.28. The van der Waals surface area contributed by atoms with Gasteiger partial charge in [0, 0.05) is 23.6 Å². The average molecular weight is 356 g/mol. The maximum atomic E-state index is 13.7. The van der Waals surface area contributed by atoms with Crippen LogP contribution < -0.4 is 9.47 Å². The van der Waals surface area contributed by atoms with Crippen LogP contribution in [0.2, 0.25) is 0 Å². The predicted molar refractivity (Wildman–Crippen MR) is 95.8 cm³/mol. The number of aromatic nitrogens is 2. The molecule has 0 unspecified atom stereocenters. The van der Waals surface area contributed by atoms with E-state index in [2.05, 4.69) is 9.97 Å². The number of hydrogen-bond acceptors (Lipinski definition) is 5. The molecule has 0 aliphatic rings. The highest BCUT2D eigenvalue weighted by molar-refractivity contribution is 7.98. The number of nitrogens with zero attached hydrogens (tertiary/aromatic N) is 2. The second-order valence-corrected chi connectivity index (χ2v) is 6.23. The Balaban J connectivity index is 1.75. The third-order valence-electron chi connectivity index (χ3n) is 3.39. The molecule has 0 amide bonds. The summed E-state index contributed by atoms with van der Waals surface area (Å²) in [6.07, 6.45) is 0. The highest BCUT2D eigenvalue weighted by Crippen LogP contribution is 2.27. The van der Waals surface area contributed by atoms with Gasteiger partial charge in [-0.25, -0.2) is 9.37 Å². The fourth-order valence-corrected chi connectivity index (χ4v) is 3.06. The molecule has 0 aliphatic carbocycles. The molecule has 1 aromatic heterocycles. The Morgan fingerprint density at radius 2 is 1.80 bits per heavy atom. The standard InChI is InChI=1S/C19H17FN2O2S/c1-13-10-18(24-16-8-5-7-15(11-16)23-2)22-19(21-13)25-12-14-6-3-4-9-17(14)20/h3-11H,12H2,1-2H3. The second kappa shape index (κ2) is 7.98. The van der Waals surface area contributed by atoms with Gasteiger partial charge < -0.3 is 9.47 Å².